The van der Waals surface area contributed by atoms with Crippen LogP contribution in [0.5, 0.6) is 0 Å². The van der Waals surface area contributed by atoms with Gasteiger partial charge in [-0.3, -0.25) is 4.79 Å². The molecule has 1 aliphatic carbocycles. The lowest BCUT2D eigenvalue weighted by Gasteiger charge is -2.24. The minimum atomic E-state index is -0.926. The molecule has 0 radical (unpaired) electrons. The number of hydrogen-bond donors (Lipinski definition) is 0. The number of hydrogen-bond acceptors (Lipinski definition) is 5. The highest BCUT2D eigenvalue weighted by Crippen LogP contribution is 2.23. The summed E-state index contributed by atoms with van der Waals surface area (Å²) in [6.45, 7) is 11.0. The predicted molar refractivity (Wildman–Crippen MR) is 85.4 cm³/mol. The molecular formula is C17H32O5. The summed E-state index contributed by atoms with van der Waals surface area (Å²) >= 11 is 0. The second-order valence-corrected chi connectivity index (χ2v) is 5.96. The third-order valence-corrected chi connectivity index (χ3v) is 3.79. The van der Waals surface area contributed by atoms with Crippen molar-refractivity contribution in [1.29, 1.82) is 0 Å². The van der Waals surface area contributed by atoms with Gasteiger partial charge in [-0.2, -0.15) is 0 Å². The van der Waals surface area contributed by atoms with Crippen molar-refractivity contribution >= 4 is 12.1 Å². The van der Waals surface area contributed by atoms with Crippen LogP contribution in [-0.4, -0.2) is 24.5 Å². The molecule has 0 aromatic heterocycles. The summed E-state index contributed by atoms with van der Waals surface area (Å²) in [5.41, 5.74) is -0.578. The van der Waals surface area contributed by atoms with Crippen LogP contribution >= 0.6 is 0 Å². The van der Waals surface area contributed by atoms with Crippen LogP contribution in [0.15, 0.2) is 0 Å². The molecule has 1 aliphatic rings. The van der Waals surface area contributed by atoms with Gasteiger partial charge in [-0.25, -0.2) is 4.79 Å². The molecule has 0 aromatic rings. The molecule has 0 amide bonds. The maximum absolute atomic E-state index is 11.8. The van der Waals surface area contributed by atoms with Gasteiger partial charge < -0.3 is 14.2 Å². The highest BCUT2D eigenvalue weighted by atomic mass is 16.8. The van der Waals surface area contributed by atoms with Crippen LogP contribution in [-0.2, 0) is 19.0 Å². The normalized spacial score (nSPS) is 16.8. The summed E-state index contributed by atoms with van der Waals surface area (Å²) in [6, 6.07) is 0. The molecule has 130 valence electrons. The lowest BCUT2D eigenvalue weighted by molar-refractivity contribution is -0.179. The molecule has 0 spiro atoms. The smallest absolute Gasteiger partial charge is 0.431 e. The molecular weight excluding hydrogens is 284 g/mol. The SMILES string of the molecule is CC.CCC(C)(C)C(=O)OC(C)OC(=O)OC1CCCCC1. The topological polar surface area (TPSA) is 61.8 Å². The first-order valence-electron chi connectivity index (χ1n) is 8.43. The van der Waals surface area contributed by atoms with Crippen molar-refractivity contribution in [3.8, 4) is 0 Å². The largest absolute Gasteiger partial charge is 0.511 e. The summed E-state index contributed by atoms with van der Waals surface area (Å²) in [4.78, 5) is 23.4. The van der Waals surface area contributed by atoms with Gasteiger partial charge in [0.2, 0.25) is 6.29 Å². The molecule has 0 aromatic carbocycles. The Hall–Kier alpha value is -1.26. The maximum Gasteiger partial charge on any atom is 0.511 e. The standard InChI is InChI=1S/C15H26O5.C2H6/c1-5-15(3,4)13(16)18-11(2)19-14(17)20-12-9-7-6-8-10-12;1-2/h11-12H,5-10H2,1-4H3;1-2H3. The highest BCUT2D eigenvalue weighted by molar-refractivity contribution is 5.76. The summed E-state index contributed by atoms with van der Waals surface area (Å²) < 4.78 is 15.3. The van der Waals surface area contributed by atoms with Gasteiger partial charge in [0.05, 0.1) is 5.41 Å². The molecule has 0 heterocycles. The average molecular weight is 316 g/mol. The molecule has 0 N–H and O–H groups in total. The van der Waals surface area contributed by atoms with Crippen LogP contribution in [0.2, 0.25) is 0 Å². The van der Waals surface area contributed by atoms with Gasteiger partial charge in [0, 0.05) is 6.92 Å². The Morgan fingerprint density at radius 3 is 2.14 bits per heavy atom. The van der Waals surface area contributed by atoms with Crippen LogP contribution in [0.4, 0.5) is 4.79 Å². The number of carbonyl (C=O) groups is 2. The van der Waals surface area contributed by atoms with E-state index in [-0.39, 0.29) is 12.1 Å². The Labute approximate surface area is 134 Å². The minimum Gasteiger partial charge on any atom is -0.431 e. The van der Waals surface area contributed by atoms with Crippen LogP contribution in [0.3, 0.4) is 0 Å². The monoisotopic (exact) mass is 316 g/mol. The number of carbonyl (C=O) groups excluding carboxylic acids is 2. The molecule has 0 aliphatic heterocycles. The van der Waals surface area contributed by atoms with Gasteiger partial charge in [-0.15, -0.1) is 0 Å². The molecule has 0 saturated heterocycles. The quantitative estimate of drug-likeness (QED) is 0.537. The molecule has 1 unspecified atom stereocenters. The molecule has 5 nitrogen and oxygen atoms in total. The first-order chi connectivity index (χ1) is 10.3. The number of ether oxygens (including phenoxy) is 3. The molecule has 1 saturated carbocycles. The van der Waals surface area contributed by atoms with E-state index in [9.17, 15) is 9.59 Å². The van der Waals surface area contributed by atoms with Crippen molar-refractivity contribution in [1.82, 2.24) is 0 Å². The van der Waals surface area contributed by atoms with E-state index in [4.69, 9.17) is 14.2 Å². The maximum atomic E-state index is 11.8. The molecule has 1 atom stereocenters. The van der Waals surface area contributed by atoms with Crippen LogP contribution in [0.25, 0.3) is 0 Å². The Morgan fingerprint density at radius 1 is 1.09 bits per heavy atom. The third kappa shape index (κ3) is 7.66. The van der Waals surface area contributed by atoms with E-state index >= 15 is 0 Å². The Morgan fingerprint density at radius 2 is 1.64 bits per heavy atom. The highest BCUT2D eigenvalue weighted by Gasteiger charge is 2.30. The van der Waals surface area contributed by atoms with Crippen LogP contribution in [0.1, 0.15) is 80.1 Å². The molecule has 1 rings (SSSR count). The Bertz CT molecular complexity index is 332. The van der Waals surface area contributed by atoms with Gasteiger partial charge in [-0.1, -0.05) is 27.2 Å². The summed E-state index contributed by atoms with van der Waals surface area (Å²) in [5, 5.41) is 0. The van der Waals surface area contributed by atoms with Crippen LogP contribution in [0, 0.1) is 5.41 Å². The fraction of sp³-hybridized carbons (Fsp3) is 0.882. The Balaban J connectivity index is 0.00000211. The van der Waals surface area contributed by atoms with Crippen molar-refractivity contribution < 1.29 is 23.8 Å². The fourth-order valence-corrected chi connectivity index (χ4v) is 1.96. The summed E-state index contributed by atoms with van der Waals surface area (Å²) in [5.74, 6) is -0.377. The number of rotatable bonds is 5. The van der Waals surface area contributed by atoms with E-state index in [2.05, 4.69) is 0 Å². The first kappa shape index (κ1) is 20.7. The number of esters is 1. The van der Waals surface area contributed by atoms with E-state index < -0.39 is 17.9 Å². The lowest BCUT2D eigenvalue weighted by atomic mass is 9.91. The zero-order valence-corrected chi connectivity index (χ0v) is 14.9. The molecule has 5 heteroatoms. The van der Waals surface area contributed by atoms with Crippen molar-refractivity contribution in [3.05, 3.63) is 0 Å². The van der Waals surface area contributed by atoms with E-state index in [1.165, 1.54) is 13.3 Å². The molecule has 1 fully saturated rings. The predicted octanol–water partition coefficient (Wildman–Crippen LogP) is 4.82. The van der Waals surface area contributed by atoms with Crippen molar-refractivity contribution in [2.75, 3.05) is 0 Å². The van der Waals surface area contributed by atoms with Crippen molar-refractivity contribution in [2.24, 2.45) is 5.41 Å². The average Bonchev–Trinajstić information content (AvgIpc) is 2.49. The second-order valence-electron chi connectivity index (χ2n) is 5.96. The van der Waals surface area contributed by atoms with E-state index in [1.807, 2.05) is 20.8 Å². The minimum absolute atomic E-state index is 0.0637. The third-order valence-electron chi connectivity index (χ3n) is 3.79. The van der Waals surface area contributed by atoms with E-state index in [0.717, 1.165) is 25.7 Å². The van der Waals surface area contributed by atoms with Crippen LogP contribution < -0.4 is 0 Å². The van der Waals surface area contributed by atoms with Gasteiger partial charge in [0.1, 0.15) is 6.10 Å². The summed E-state index contributed by atoms with van der Waals surface area (Å²) in [7, 11) is 0. The lowest BCUT2D eigenvalue weighted by Crippen LogP contribution is -2.32. The molecule has 0 bridgehead atoms. The Kier molecular flexibility index (Phi) is 9.86. The zero-order valence-electron chi connectivity index (χ0n) is 14.9. The zero-order chi connectivity index (χ0) is 17.2. The first-order valence-corrected chi connectivity index (χ1v) is 8.43. The van der Waals surface area contributed by atoms with Gasteiger partial charge in [0.15, 0.2) is 0 Å². The van der Waals surface area contributed by atoms with Crippen molar-refractivity contribution in [2.45, 2.75) is 92.5 Å². The van der Waals surface area contributed by atoms with Gasteiger partial charge in [0.25, 0.3) is 0 Å². The van der Waals surface area contributed by atoms with Gasteiger partial charge >= 0.3 is 12.1 Å². The molecule has 22 heavy (non-hydrogen) atoms. The van der Waals surface area contributed by atoms with Crippen molar-refractivity contribution in [3.63, 3.8) is 0 Å². The summed E-state index contributed by atoms with van der Waals surface area (Å²) in [6.07, 6.45) is 4.01. The van der Waals surface area contributed by atoms with E-state index in [0.29, 0.717) is 6.42 Å². The van der Waals surface area contributed by atoms with Gasteiger partial charge in [-0.05, 0) is 46.0 Å². The van der Waals surface area contributed by atoms with E-state index in [1.54, 1.807) is 13.8 Å². The second kappa shape index (κ2) is 10.5. The fourth-order valence-electron chi connectivity index (χ4n) is 1.96.